The second-order valence-corrected chi connectivity index (χ2v) is 6.36. The van der Waals surface area contributed by atoms with Crippen LogP contribution in [0.3, 0.4) is 0 Å². The first-order valence-corrected chi connectivity index (χ1v) is 7.27. The average molecular weight is 303 g/mol. The number of pyridine rings is 1. The molecule has 0 aromatic carbocycles. The molecule has 0 aliphatic heterocycles. The third kappa shape index (κ3) is 3.46. The van der Waals surface area contributed by atoms with E-state index in [0.717, 1.165) is 17.4 Å². The van der Waals surface area contributed by atoms with Crippen LogP contribution < -0.4 is 0 Å². The highest BCUT2D eigenvalue weighted by molar-refractivity contribution is 9.09. The Morgan fingerprint density at radius 1 is 1.44 bits per heavy atom. The topological polar surface area (TPSA) is 12.9 Å². The van der Waals surface area contributed by atoms with Gasteiger partial charge >= 0.3 is 0 Å². The van der Waals surface area contributed by atoms with Gasteiger partial charge in [-0.25, -0.2) is 0 Å². The second kappa shape index (κ2) is 6.02. The molecule has 16 heavy (non-hydrogen) atoms. The maximum Gasteiger partial charge on any atom is 0.0621 e. The molecule has 1 atom stereocenters. The highest BCUT2D eigenvalue weighted by Gasteiger charge is 2.19. The number of alkyl halides is 1. The van der Waals surface area contributed by atoms with Crippen LogP contribution in [0, 0.1) is 5.92 Å². The monoisotopic (exact) mass is 301 g/mol. The normalized spacial score (nSPS) is 18.9. The van der Waals surface area contributed by atoms with Gasteiger partial charge in [0.25, 0.3) is 0 Å². The van der Waals surface area contributed by atoms with Gasteiger partial charge in [-0.1, -0.05) is 53.2 Å². The molecule has 1 fully saturated rings. The molecule has 1 aliphatic carbocycles. The van der Waals surface area contributed by atoms with Gasteiger partial charge in [-0.2, -0.15) is 0 Å². The minimum atomic E-state index is 0.551. The minimum Gasteiger partial charge on any atom is -0.263 e. The molecule has 0 radical (unpaired) electrons. The maximum absolute atomic E-state index is 6.10. The van der Waals surface area contributed by atoms with Gasteiger partial charge in [-0.05, 0) is 30.4 Å². The van der Waals surface area contributed by atoms with Crippen molar-refractivity contribution >= 4 is 27.5 Å². The first kappa shape index (κ1) is 12.4. The van der Waals surface area contributed by atoms with E-state index in [4.69, 9.17) is 11.6 Å². The number of rotatable bonds is 4. The van der Waals surface area contributed by atoms with Crippen LogP contribution in [0.15, 0.2) is 18.5 Å². The fourth-order valence-corrected chi connectivity index (χ4v) is 3.57. The molecule has 1 aromatic heterocycles. The summed E-state index contributed by atoms with van der Waals surface area (Å²) in [7, 11) is 0. The van der Waals surface area contributed by atoms with Crippen LogP contribution in [0.1, 0.15) is 37.7 Å². The lowest BCUT2D eigenvalue weighted by atomic mass is 9.98. The van der Waals surface area contributed by atoms with E-state index < -0.39 is 0 Å². The lowest BCUT2D eigenvalue weighted by molar-refractivity contribution is 0.495. The summed E-state index contributed by atoms with van der Waals surface area (Å²) in [4.78, 5) is 4.56. The van der Waals surface area contributed by atoms with E-state index in [2.05, 4.69) is 20.9 Å². The summed E-state index contributed by atoms with van der Waals surface area (Å²) >= 11 is 9.88. The molecule has 0 N–H and O–H groups in total. The zero-order valence-electron chi connectivity index (χ0n) is 9.33. The highest BCUT2D eigenvalue weighted by Crippen LogP contribution is 2.32. The average Bonchev–Trinajstić information content (AvgIpc) is 2.74. The van der Waals surface area contributed by atoms with Crippen molar-refractivity contribution in [1.29, 1.82) is 0 Å². The zero-order chi connectivity index (χ0) is 11.4. The van der Waals surface area contributed by atoms with Crippen LogP contribution in [-0.4, -0.2) is 9.81 Å². The number of nitrogens with zero attached hydrogens (tertiary/aromatic N) is 1. The van der Waals surface area contributed by atoms with Crippen LogP contribution in [0.2, 0.25) is 5.02 Å². The standard InChI is InChI=1S/C13H17BrClN/c14-12(7-10-3-1-2-4-10)8-11-5-6-16-9-13(11)15/h5-6,9-10,12H,1-4,7-8H2. The maximum atomic E-state index is 6.10. The van der Waals surface area contributed by atoms with Crippen LogP contribution >= 0.6 is 27.5 Å². The fourth-order valence-electron chi connectivity index (χ4n) is 2.50. The molecule has 1 nitrogen and oxygen atoms in total. The molecular formula is C13H17BrClN. The second-order valence-electron chi connectivity index (χ2n) is 4.65. The zero-order valence-corrected chi connectivity index (χ0v) is 11.7. The Balaban J connectivity index is 1.86. The van der Waals surface area contributed by atoms with Crippen molar-refractivity contribution in [3.05, 3.63) is 29.0 Å². The molecule has 0 spiro atoms. The highest BCUT2D eigenvalue weighted by atomic mass is 79.9. The Morgan fingerprint density at radius 2 is 2.19 bits per heavy atom. The van der Waals surface area contributed by atoms with Crippen molar-refractivity contribution in [2.24, 2.45) is 5.92 Å². The van der Waals surface area contributed by atoms with Gasteiger partial charge in [0.1, 0.15) is 0 Å². The summed E-state index contributed by atoms with van der Waals surface area (Å²) in [6, 6.07) is 2.02. The molecule has 2 rings (SSSR count). The van der Waals surface area contributed by atoms with Crippen molar-refractivity contribution in [3.63, 3.8) is 0 Å². The molecule has 1 aromatic rings. The molecule has 1 saturated carbocycles. The number of hydrogen-bond donors (Lipinski definition) is 0. The molecule has 1 aliphatic rings. The lowest BCUT2D eigenvalue weighted by Gasteiger charge is -2.15. The van der Waals surface area contributed by atoms with Crippen LogP contribution in [0.25, 0.3) is 0 Å². The van der Waals surface area contributed by atoms with Crippen LogP contribution in [-0.2, 0) is 6.42 Å². The molecule has 1 unspecified atom stereocenters. The first-order valence-electron chi connectivity index (χ1n) is 5.98. The minimum absolute atomic E-state index is 0.551. The summed E-state index contributed by atoms with van der Waals surface area (Å²) in [6.45, 7) is 0. The van der Waals surface area contributed by atoms with Crippen LogP contribution in [0.5, 0.6) is 0 Å². The van der Waals surface area contributed by atoms with E-state index in [1.54, 1.807) is 6.20 Å². The number of hydrogen-bond acceptors (Lipinski definition) is 1. The predicted octanol–water partition coefficient (Wildman–Crippen LogP) is 4.62. The molecule has 0 bridgehead atoms. The van der Waals surface area contributed by atoms with E-state index in [1.165, 1.54) is 37.7 Å². The smallest absolute Gasteiger partial charge is 0.0621 e. The Hall–Kier alpha value is -0.0800. The summed E-state index contributed by atoms with van der Waals surface area (Å²) in [5.41, 5.74) is 1.21. The van der Waals surface area contributed by atoms with Gasteiger partial charge < -0.3 is 0 Å². The van der Waals surface area contributed by atoms with E-state index >= 15 is 0 Å². The summed E-state index contributed by atoms with van der Waals surface area (Å²) < 4.78 is 0. The van der Waals surface area contributed by atoms with Crippen molar-refractivity contribution in [2.45, 2.75) is 43.4 Å². The van der Waals surface area contributed by atoms with Crippen molar-refractivity contribution < 1.29 is 0 Å². The SMILES string of the molecule is Clc1cnccc1CC(Br)CC1CCCC1. The fraction of sp³-hybridized carbons (Fsp3) is 0.615. The molecule has 3 heteroatoms. The van der Waals surface area contributed by atoms with Gasteiger partial charge in [-0.3, -0.25) is 4.98 Å². The van der Waals surface area contributed by atoms with E-state index in [9.17, 15) is 0 Å². The summed E-state index contributed by atoms with van der Waals surface area (Å²) in [5.74, 6) is 0.921. The quantitative estimate of drug-likeness (QED) is 0.739. The number of aromatic nitrogens is 1. The molecule has 0 amide bonds. The molecule has 1 heterocycles. The van der Waals surface area contributed by atoms with Crippen molar-refractivity contribution in [3.8, 4) is 0 Å². The molecule has 88 valence electrons. The third-order valence-electron chi connectivity index (χ3n) is 3.36. The molecular weight excluding hydrogens is 286 g/mol. The van der Waals surface area contributed by atoms with E-state index in [0.29, 0.717) is 4.83 Å². The van der Waals surface area contributed by atoms with Crippen molar-refractivity contribution in [2.75, 3.05) is 0 Å². The predicted molar refractivity (Wildman–Crippen MR) is 72.2 cm³/mol. The Morgan fingerprint density at radius 3 is 2.88 bits per heavy atom. The molecule has 0 saturated heterocycles. The van der Waals surface area contributed by atoms with Gasteiger partial charge in [0.2, 0.25) is 0 Å². The third-order valence-corrected chi connectivity index (χ3v) is 4.40. The Bertz CT molecular complexity index is 336. The van der Waals surface area contributed by atoms with Crippen molar-refractivity contribution in [1.82, 2.24) is 4.98 Å². The first-order chi connectivity index (χ1) is 7.75. The van der Waals surface area contributed by atoms with Crippen LogP contribution in [0.4, 0.5) is 0 Å². The van der Waals surface area contributed by atoms with Gasteiger partial charge in [0.15, 0.2) is 0 Å². The van der Waals surface area contributed by atoms with Gasteiger partial charge in [0.05, 0.1) is 5.02 Å². The number of halogens is 2. The largest absolute Gasteiger partial charge is 0.263 e. The van der Waals surface area contributed by atoms with E-state index in [1.807, 2.05) is 12.3 Å². The summed E-state index contributed by atoms with van der Waals surface area (Å²) in [5, 5.41) is 0.790. The lowest BCUT2D eigenvalue weighted by Crippen LogP contribution is -2.08. The Kier molecular flexibility index (Phi) is 4.66. The van der Waals surface area contributed by atoms with Gasteiger partial charge in [0, 0.05) is 17.2 Å². The van der Waals surface area contributed by atoms with E-state index in [-0.39, 0.29) is 0 Å². The summed E-state index contributed by atoms with van der Waals surface area (Å²) in [6.07, 6.45) is 11.5. The van der Waals surface area contributed by atoms with Gasteiger partial charge in [-0.15, -0.1) is 0 Å². The Labute approximate surface area is 111 Å².